The molecule has 0 aliphatic heterocycles. The lowest BCUT2D eigenvalue weighted by Gasteiger charge is -2.16. The number of carbonyl (C=O) groups excluding carboxylic acids is 1. The maximum Gasteiger partial charge on any atom is 0.243 e. The van der Waals surface area contributed by atoms with E-state index in [0.717, 1.165) is 22.2 Å². The van der Waals surface area contributed by atoms with Crippen LogP contribution in [0.25, 0.3) is 10.2 Å². The number of anilines is 1. The predicted molar refractivity (Wildman–Crippen MR) is 85.2 cm³/mol. The lowest BCUT2D eigenvalue weighted by atomic mass is 10.00. The number of thiazole rings is 1. The molecule has 3 N–H and O–H groups in total. The number of fused-ring (bicyclic) bond motifs is 1. The molecule has 2 rings (SSSR count). The number of aryl methyl sites for hydroxylation is 2. The van der Waals surface area contributed by atoms with E-state index in [-0.39, 0.29) is 11.8 Å². The summed E-state index contributed by atoms with van der Waals surface area (Å²) in [4.78, 5) is 16.6. The molecule has 0 radical (unpaired) electrons. The van der Waals surface area contributed by atoms with Crippen LogP contribution in [-0.4, -0.2) is 16.9 Å². The molecule has 0 fully saturated rings. The first-order valence-electron chi connectivity index (χ1n) is 6.86. The van der Waals surface area contributed by atoms with Crippen molar-refractivity contribution < 1.29 is 4.79 Å². The first-order valence-corrected chi connectivity index (χ1v) is 7.68. The van der Waals surface area contributed by atoms with Crippen molar-refractivity contribution in [2.75, 3.05) is 5.32 Å². The lowest BCUT2D eigenvalue weighted by molar-refractivity contribution is -0.118. The van der Waals surface area contributed by atoms with E-state index < -0.39 is 6.04 Å². The number of carbonyl (C=O) groups is 1. The van der Waals surface area contributed by atoms with Crippen LogP contribution in [0.4, 0.5) is 5.13 Å². The summed E-state index contributed by atoms with van der Waals surface area (Å²) < 4.78 is 1.09. The molecule has 1 aromatic carbocycles. The molecule has 2 aromatic rings. The molecule has 5 heteroatoms. The van der Waals surface area contributed by atoms with Crippen LogP contribution in [-0.2, 0) is 4.79 Å². The van der Waals surface area contributed by atoms with Crippen molar-refractivity contribution in [3.8, 4) is 0 Å². The van der Waals surface area contributed by atoms with Crippen LogP contribution in [0, 0.1) is 19.8 Å². The first kappa shape index (κ1) is 14.9. The molecule has 4 nitrogen and oxygen atoms in total. The van der Waals surface area contributed by atoms with Crippen LogP contribution < -0.4 is 11.1 Å². The number of benzene rings is 1. The summed E-state index contributed by atoms with van der Waals surface area (Å²) in [7, 11) is 0. The number of nitrogens with zero attached hydrogens (tertiary/aromatic N) is 1. The van der Waals surface area contributed by atoms with E-state index in [1.54, 1.807) is 0 Å². The molecular formula is C15H21N3OS. The van der Waals surface area contributed by atoms with E-state index in [9.17, 15) is 4.79 Å². The SMILES string of the molecule is CCC(C)C(N)C(=O)Nc1nc2c(C)cc(C)cc2s1. The zero-order valence-corrected chi connectivity index (χ0v) is 13.2. The monoisotopic (exact) mass is 291 g/mol. The first-order chi connectivity index (χ1) is 9.42. The fraction of sp³-hybridized carbons (Fsp3) is 0.467. The fourth-order valence-electron chi connectivity index (χ4n) is 2.13. The molecule has 0 saturated carbocycles. The molecule has 0 aliphatic rings. The van der Waals surface area contributed by atoms with E-state index in [1.165, 1.54) is 16.9 Å². The number of aromatic nitrogens is 1. The van der Waals surface area contributed by atoms with Gasteiger partial charge in [0.15, 0.2) is 5.13 Å². The van der Waals surface area contributed by atoms with Gasteiger partial charge in [0.1, 0.15) is 0 Å². The zero-order valence-electron chi connectivity index (χ0n) is 12.4. The third-order valence-electron chi connectivity index (χ3n) is 3.62. The number of hydrogen-bond acceptors (Lipinski definition) is 4. The van der Waals surface area contributed by atoms with Crippen LogP contribution in [0.1, 0.15) is 31.4 Å². The summed E-state index contributed by atoms with van der Waals surface area (Å²) in [5.74, 6) is 0.00106. The Morgan fingerprint density at radius 1 is 1.45 bits per heavy atom. The second-order valence-electron chi connectivity index (χ2n) is 5.35. The summed E-state index contributed by atoms with van der Waals surface area (Å²) in [6.07, 6.45) is 0.882. The minimum absolute atomic E-state index is 0.159. The quantitative estimate of drug-likeness (QED) is 0.908. The minimum atomic E-state index is -0.491. The van der Waals surface area contributed by atoms with Crippen LogP contribution >= 0.6 is 11.3 Å². The summed E-state index contributed by atoms with van der Waals surface area (Å²) >= 11 is 1.49. The Hall–Kier alpha value is -1.46. The summed E-state index contributed by atoms with van der Waals surface area (Å²) in [5, 5.41) is 3.46. The fourth-order valence-corrected chi connectivity index (χ4v) is 3.17. The highest BCUT2D eigenvalue weighted by Gasteiger charge is 2.20. The molecule has 20 heavy (non-hydrogen) atoms. The van der Waals surface area contributed by atoms with Gasteiger partial charge in [-0.3, -0.25) is 4.79 Å². The van der Waals surface area contributed by atoms with Gasteiger partial charge in [-0.2, -0.15) is 0 Å². The highest BCUT2D eigenvalue weighted by atomic mass is 32.1. The van der Waals surface area contributed by atoms with Crippen LogP contribution in [0.5, 0.6) is 0 Å². The average molecular weight is 291 g/mol. The summed E-state index contributed by atoms with van der Waals surface area (Å²) in [6.45, 7) is 8.10. The van der Waals surface area contributed by atoms with E-state index in [1.807, 2.05) is 20.8 Å². The third-order valence-corrected chi connectivity index (χ3v) is 4.54. The second-order valence-corrected chi connectivity index (χ2v) is 6.38. The molecule has 0 saturated heterocycles. The van der Waals surface area contributed by atoms with Crippen LogP contribution in [0.15, 0.2) is 12.1 Å². The van der Waals surface area contributed by atoms with Crippen LogP contribution in [0.3, 0.4) is 0 Å². The van der Waals surface area contributed by atoms with Gasteiger partial charge < -0.3 is 11.1 Å². The molecule has 1 heterocycles. The highest BCUT2D eigenvalue weighted by Crippen LogP contribution is 2.29. The van der Waals surface area contributed by atoms with Crippen LogP contribution in [0.2, 0.25) is 0 Å². The van der Waals surface area contributed by atoms with Crippen molar-refractivity contribution in [2.45, 2.75) is 40.2 Å². The maximum atomic E-state index is 12.1. The number of rotatable bonds is 4. The minimum Gasteiger partial charge on any atom is -0.320 e. The molecule has 2 unspecified atom stereocenters. The third kappa shape index (κ3) is 2.99. The Kier molecular flexibility index (Phi) is 4.40. The Labute approximate surface area is 123 Å². The van der Waals surface area contributed by atoms with Crippen molar-refractivity contribution in [3.63, 3.8) is 0 Å². The van der Waals surface area contributed by atoms with Crippen molar-refractivity contribution in [2.24, 2.45) is 11.7 Å². The standard InChI is InChI=1S/C15H21N3OS/c1-5-9(3)12(16)14(19)18-15-17-13-10(4)6-8(2)7-11(13)20-15/h6-7,9,12H,5,16H2,1-4H3,(H,17,18,19). The zero-order chi connectivity index (χ0) is 14.9. The van der Waals surface area contributed by atoms with Crippen molar-refractivity contribution in [3.05, 3.63) is 23.3 Å². The Morgan fingerprint density at radius 2 is 2.15 bits per heavy atom. The van der Waals surface area contributed by atoms with Gasteiger partial charge in [0.2, 0.25) is 5.91 Å². The van der Waals surface area contributed by atoms with Crippen molar-refractivity contribution >= 4 is 32.6 Å². The Balaban J connectivity index is 2.22. The molecule has 2 atom stereocenters. The second kappa shape index (κ2) is 5.89. The van der Waals surface area contributed by atoms with Gasteiger partial charge in [-0.15, -0.1) is 0 Å². The van der Waals surface area contributed by atoms with E-state index in [2.05, 4.69) is 29.4 Å². The Bertz CT molecular complexity index is 635. The van der Waals surface area contributed by atoms with Gasteiger partial charge in [0.25, 0.3) is 0 Å². The van der Waals surface area contributed by atoms with E-state index >= 15 is 0 Å². The van der Waals surface area contributed by atoms with Crippen molar-refractivity contribution in [1.82, 2.24) is 4.98 Å². The number of amides is 1. The Morgan fingerprint density at radius 3 is 2.80 bits per heavy atom. The number of nitrogens with two attached hydrogens (primary N) is 1. The number of hydrogen-bond donors (Lipinski definition) is 2. The van der Waals surface area contributed by atoms with E-state index in [4.69, 9.17) is 5.73 Å². The highest BCUT2D eigenvalue weighted by molar-refractivity contribution is 7.22. The van der Waals surface area contributed by atoms with Gasteiger partial charge in [-0.05, 0) is 37.0 Å². The lowest BCUT2D eigenvalue weighted by Crippen LogP contribution is -2.40. The molecule has 0 spiro atoms. The largest absolute Gasteiger partial charge is 0.320 e. The van der Waals surface area contributed by atoms with Gasteiger partial charge in [0, 0.05) is 0 Å². The molecule has 1 amide bonds. The van der Waals surface area contributed by atoms with Gasteiger partial charge in [0.05, 0.1) is 16.3 Å². The molecule has 1 aromatic heterocycles. The maximum absolute atomic E-state index is 12.1. The van der Waals surface area contributed by atoms with Gasteiger partial charge in [-0.25, -0.2) is 4.98 Å². The van der Waals surface area contributed by atoms with E-state index in [0.29, 0.717) is 5.13 Å². The molecule has 108 valence electrons. The number of nitrogens with one attached hydrogen (secondary N) is 1. The predicted octanol–water partition coefficient (Wildman–Crippen LogP) is 3.23. The molecule has 0 aliphatic carbocycles. The molecular weight excluding hydrogens is 270 g/mol. The summed E-state index contributed by atoms with van der Waals surface area (Å²) in [5.41, 5.74) is 9.21. The van der Waals surface area contributed by atoms with Crippen molar-refractivity contribution in [1.29, 1.82) is 0 Å². The average Bonchev–Trinajstić information content (AvgIpc) is 2.79. The van der Waals surface area contributed by atoms with Gasteiger partial charge >= 0.3 is 0 Å². The van der Waals surface area contributed by atoms with Gasteiger partial charge in [-0.1, -0.05) is 37.7 Å². The smallest absolute Gasteiger partial charge is 0.243 e. The molecule has 0 bridgehead atoms. The normalized spacial score (nSPS) is 14.2. The topological polar surface area (TPSA) is 68.0 Å². The summed E-state index contributed by atoms with van der Waals surface area (Å²) in [6, 6.07) is 3.69.